The van der Waals surface area contributed by atoms with Crippen molar-refractivity contribution in [1.82, 2.24) is 4.90 Å². The Morgan fingerprint density at radius 2 is 2.12 bits per heavy atom. The van der Waals surface area contributed by atoms with Crippen LogP contribution in [0.25, 0.3) is 0 Å². The molecule has 0 bridgehead atoms. The van der Waals surface area contributed by atoms with Crippen molar-refractivity contribution in [3.8, 4) is 0 Å². The van der Waals surface area contributed by atoms with Crippen LogP contribution < -0.4 is 0 Å². The van der Waals surface area contributed by atoms with Crippen molar-refractivity contribution in [1.29, 1.82) is 0 Å². The van der Waals surface area contributed by atoms with Crippen LogP contribution in [-0.4, -0.2) is 17.5 Å². The molecule has 0 saturated carbocycles. The fraction of sp³-hybridized carbons (Fsp3) is 0.571. The average Bonchev–Trinajstić information content (AvgIpc) is 2.29. The molecule has 1 fully saturated rings. The van der Waals surface area contributed by atoms with E-state index >= 15 is 0 Å². The zero-order chi connectivity index (χ0) is 11.5. The van der Waals surface area contributed by atoms with Gasteiger partial charge in [0.2, 0.25) is 0 Å². The van der Waals surface area contributed by atoms with Crippen LogP contribution in [0, 0.1) is 0 Å². The van der Waals surface area contributed by atoms with Crippen molar-refractivity contribution < 1.29 is 0 Å². The van der Waals surface area contributed by atoms with Crippen molar-refractivity contribution in [2.24, 2.45) is 0 Å². The maximum atomic E-state index is 3.57. The number of piperidine rings is 1. The second-order valence-electron chi connectivity index (χ2n) is 4.90. The summed E-state index contributed by atoms with van der Waals surface area (Å²) in [5.74, 6) is 0. The fourth-order valence-corrected chi connectivity index (χ4v) is 3.06. The molecule has 1 atom stereocenters. The maximum Gasteiger partial charge on any atom is 0.0351 e. The maximum absolute atomic E-state index is 3.57. The lowest BCUT2D eigenvalue weighted by Gasteiger charge is -2.39. The fourth-order valence-electron chi connectivity index (χ4n) is 2.64. The van der Waals surface area contributed by atoms with Gasteiger partial charge in [-0.25, -0.2) is 0 Å². The van der Waals surface area contributed by atoms with Gasteiger partial charge in [0.25, 0.3) is 0 Å². The summed E-state index contributed by atoms with van der Waals surface area (Å²) < 4.78 is 1.19. The lowest BCUT2D eigenvalue weighted by atomic mass is 9.94. The molecule has 0 aliphatic carbocycles. The molecule has 2 rings (SSSR count). The summed E-state index contributed by atoms with van der Waals surface area (Å²) in [5.41, 5.74) is 1.46. The molecule has 0 N–H and O–H groups in total. The summed E-state index contributed by atoms with van der Waals surface area (Å²) in [7, 11) is 0. The third-order valence-corrected chi connectivity index (χ3v) is 3.93. The van der Waals surface area contributed by atoms with Crippen LogP contribution in [0.3, 0.4) is 0 Å². The Bertz CT molecular complexity index is 348. The number of likely N-dealkylation sites (tertiary alicyclic amines) is 1. The highest BCUT2D eigenvalue weighted by Crippen LogP contribution is 2.33. The Morgan fingerprint density at radius 1 is 1.31 bits per heavy atom. The van der Waals surface area contributed by atoms with Crippen molar-refractivity contribution in [3.05, 3.63) is 34.3 Å². The van der Waals surface area contributed by atoms with Gasteiger partial charge in [0.15, 0.2) is 0 Å². The van der Waals surface area contributed by atoms with Crippen molar-refractivity contribution in [3.63, 3.8) is 0 Å². The second kappa shape index (κ2) is 5.33. The highest BCUT2D eigenvalue weighted by Gasteiger charge is 2.25. The van der Waals surface area contributed by atoms with Gasteiger partial charge in [-0.15, -0.1) is 0 Å². The van der Waals surface area contributed by atoms with E-state index in [2.05, 4.69) is 58.9 Å². The summed E-state index contributed by atoms with van der Waals surface area (Å²) in [6.45, 7) is 5.85. The highest BCUT2D eigenvalue weighted by molar-refractivity contribution is 9.10. The van der Waals surface area contributed by atoms with Crippen molar-refractivity contribution >= 4 is 15.9 Å². The van der Waals surface area contributed by atoms with Crippen LogP contribution in [0.5, 0.6) is 0 Å². The largest absolute Gasteiger partial charge is 0.294 e. The molecule has 0 spiro atoms. The molecular weight excluding hydrogens is 262 g/mol. The van der Waals surface area contributed by atoms with Crippen LogP contribution in [-0.2, 0) is 0 Å². The van der Waals surface area contributed by atoms with Gasteiger partial charge in [0.05, 0.1) is 0 Å². The molecule has 1 aromatic carbocycles. The van der Waals surface area contributed by atoms with E-state index in [-0.39, 0.29) is 0 Å². The van der Waals surface area contributed by atoms with E-state index in [9.17, 15) is 0 Å². The molecular formula is C14H20BrN. The third-order valence-electron chi connectivity index (χ3n) is 3.44. The molecule has 1 heterocycles. The Balaban J connectivity index is 2.23. The zero-order valence-electron chi connectivity index (χ0n) is 10.1. The van der Waals surface area contributed by atoms with Crippen LogP contribution in [0.15, 0.2) is 28.7 Å². The molecule has 2 heteroatoms. The minimum atomic E-state index is 0.617. The highest BCUT2D eigenvalue weighted by atomic mass is 79.9. The molecule has 1 aliphatic heterocycles. The van der Waals surface area contributed by atoms with Crippen LogP contribution in [0.2, 0.25) is 0 Å². The molecule has 16 heavy (non-hydrogen) atoms. The minimum absolute atomic E-state index is 0.617. The van der Waals surface area contributed by atoms with Gasteiger partial charge >= 0.3 is 0 Å². The predicted molar refractivity (Wildman–Crippen MR) is 72.6 cm³/mol. The van der Waals surface area contributed by atoms with Gasteiger partial charge in [-0.3, -0.25) is 4.90 Å². The Hall–Kier alpha value is -0.340. The zero-order valence-corrected chi connectivity index (χ0v) is 11.7. The molecule has 1 nitrogen and oxygen atoms in total. The van der Waals surface area contributed by atoms with Gasteiger partial charge in [-0.2, -0.15) is 0 Å². The van der Waals surface area contributed by atoms with Gasteiger partial charge in [-0.05, 0) is 50.9 Å². The van der Waals surface area contributed by atoms with E-state index in [0.29, 0.717) is 12.1 Å². The number of hydrogen-bond acceptors (Lipinski definition) is 1. The standard InChI is InChI=1S/C14H20BrN/c1-11(2)16-9-4-3-8-14(16)12-6-5-7-13(15)10-12/h5-7,10-11,14H,3-4,8-9H2,1-2H3. The summed E-state index contributed by atoms with van der Waals surface area (Å²) in [4.78, 5) is 2.63. The minimum Gasteiger partial charge on any atom is -0.294 e. The van der Waals surface area contributed by atoms with Gasteiger partial charge in [0, 0.05) is 16.6 Å². The van der Waals surface area contributed by atoms with E-state index in [1.165, 1.54) is 35.8 Å². The lowest BCUT2D eigenvalue weighted by Crippen LogP contribution is -2.38. The van der Waals surface area contributed by atoms with Crippen LogP contribution >= 0.6 is 15.9 Å². The van der Waals surface area contributed by atoms with Gasteiger partial charge in [0.1, 0.15) is 0 Å². The summed E-state index contributed by atoms with van der Waals surface area (Å²) in [5, 5.41) is 0. The quantitative estimate of drug-likeness (QED) is 0.778. The molecule has 1 aromatic rings. The number of benzene rings is 1. The summed E-state index contributed by atoms with van der Waals surface area (Å²) in [6, 6.07) is 10.0. The van der Waals surface area contributed by atoms with Gasteiger partial charge < -0.3 is 0 Å². The SMILES string of the molecule is CC(C)N1CCCCC1c1cccc(Br)c1. The predicted octanol–water partition coefficient (Wildman–Crippen LogP) is 4.38. The van der Waals surface area contributed by atoms with E-state index in [1.54, 1.807) is 0 Å². The molecule has 0 radical (unpaired) electrons. The smallest absolute Gasteiger partial charge is 0.0351 e. The second-order valence-corrected chi connectivity index (χ2v) is 5.81. The molecule has 88 valence electrons. The van der Waals surface area contributed by atoms with Crippen molar-refractivity contribution in [2.75, 3.05) is 6.54 Å². The van der Waals surface area contributed by atoms with Gasteiger partial charge in [-0.1, -0.05) is 34.5 Å². The molecule has 1 unspecified atom stereocenters. The van der Waals surface area contributed by atoms with E-state index in [0.717, 1.165) is 0 Å². The Labute approximate surface area is 107 Å². The molecule has 0 aromatic heterocycles. The summed E-state index contributed by atoms with van der Waals surface area (Å²) >= 11 is 3.57. The first-order valence-corrected chi connectivity index (χ1v) is 6.99. The molecule has 0 amide bonds. The first-order chi connectivity index (χ1) is 7.68. The number of hydrogen-bond donors (Lipinski definition) is 0. The molecule has 1 saturated heterocycles. The van der Waals surface area contributed by atoms with E-state index in [1.807, 2.05) is 0 Å². The number of nitrogens with zero attached hydrogens (tertiary/aromatic N) is 1. The molecule has 1 aliphatic rings. The van der Waals surface area contributed by atoms with E-state index in [4.69, 9.17) is 0 Å². The monoisotopic (exact) mass is 281 g/mol. The Kier molecular flexibility index (Phi) is 4.04. The normalized spacial score (nSPS) is 22.6. The van der Waals surface area contributed by atoms with E-state index < -0.39 is 0 Å². The summed E-state index contributed by atoms with van der Waals surface area (Å²) in [6.07, 6.45) is 4.01. The van der Waals surface area contributed by atoms with Crippen LogP contribution in [0.1, 0.15) is 44.7 Å². The third kappa shape index (κ3) is 2.67. The van der Waals surface area contributed by atoms with Crippen LogP contribution in [0.4, 0.5) is 0 Å². The number of halogens is 1. The first-order valence-electron chi connectivity index (χ1n) is 6.19. The van der Waals surface area contributed by atoms with Crippen molar-refractivity contribution in [2.45, 2.75) is 45.2 Å². The lowest BCUT2D eigenvalue weighted by molar-refractivity contribution is 0.112. The topological polar surface area (TPSA) is 3.24 Å². The average molecular weight is 282 g/mol. The Morgan fingerprint density at radius 3 is 2.81 bits per heavy atom. The number of rotatable bonds is 2. The first kappa shape index (κ1) is 12.1.